The quantitative estimate of drug-likeness (QED) is 0.701. The fourth-order valence-electron chi connectivity index (χ4n) is 2.43. The van der Waals surface area contributed by atoms with E-state index in [1.807, 2.05) is 17.9 Å². The Kier molecular flexibility index (Phi) is 5.53. The zero-order valence-corrected chi connectivity index (χ0v) is 10.3. The van der Waals surface area contributed by atoms with Crippen LogP contribution in [0.5, 0.6) is 0 Å². The van der Waals surface area contributed by atoms with Gasteiger partial charge in [-0.1, -0.05) is 25.8 Å². The first-order valence-corrected chi connectivity index (χ1v) is 6.32. The molecule has 0 radical (unpaired) electrons. The number of hydrogen-bond acceptors (Lipinski definition) is 2. The average Bonchev–Trinajstić information content (AvgIpc) is 2.78. The number of hydrogen-bond donors (Lipinski definition) is 1. The second-order valence-corrected chi connectivity index (χ2v) is 4.70. The summed E-state index contributed by atoms with van der Waals surface area (Å²) in [5.41, 5.74) is 5.50. The van der Waals surface area contributed by atoms with Gasteiger partial charge in [0.15, 0.2) is 0 Å². The number of carbonyl (C=O) groups excluding carboxylic acids is 1. The summed E-state index contributed by atoms with van der Waals surface area (Å²) in [4.78, 5) is 14.2. The van der Waals surface area contributed by atoms with E-state index >= 15 is 0 Å². The van der Waals surface area contributed by atoms with E-state index < -0.39 is 0 Å². The maximum Gasteiger partial charge on any atom is 0.225 e. The first-order valence-electron chi connectivity index (χ1n) is 6.32. The number of nitrogens with two attached hydrogens (primary N) is 1. The van der Waals surface area contributed by atoms with Gasteiger partial charge in [0.2, 0.25) is 5.91 Å². The van der Waals surface area contributed by atoms with Gasteiger partial charge in [-0.3, -0.25) is 4.79 Å². The minimum Gasteiger partial charge on any atom is -0.336 e. The van der Waals surface area contributed by atoms with Crippen molar-refractivity contribution in [1.29, 1.82) is 0 Å². The van der Waals surface area contributed by atoms with Gasteiger partial charge >= 0.3 is 0 Å². The van der Waals surface area contributed by atoms with E-state index in [0.29, 0.717) is 19.1 Å². The molecule has 0 heterocycles. The summed E-state index contributed by atoms with van der Waals surface area (Å²) >= 11 is 0. The van der Waals surface area contributed by atoms with Crippen LogP contribution in [0.2, 0.25) is 0 Å². The Labute approximate surface area is 98.7 Å². The molecule has 92 valence electrons. The van der Waals surface area contributed by atoms with Gasteiger partial charge in [0.1, 0.15) is 0 Å². The van der Waals surface area contributed by atoms with Gasteiger partial charge in [0.25, 0.3) is 0 Å². The maximum atomic E-state index is 12.2. The predicted molar refractivity (Wildman–Crippen MR) is 67.0 cm³/mol. The highest BCUT2D eigenvalue weighted by Crippen LogP contribution is 2.25. The lowest BCUT2D eigenvalue weighted by Gasteiger charge is -2.30. The second kappa shape index (κ2) is 6.69. The Balaban J connectivity index is 2.60. The van der Waals surface area contributed by atoms with Crippen molar-refractivity contribution < 1.29 is 4.79 Å². The lowest BCUT2D eigenvalue weighted by Crippen LogP contribution is -2.42. The van der Waals surface area contributed by atoms with Gasteiger partial charge in [-0.25, -0.2) is 0 Å². The molecule has 1 amide bonds. The molecule has 0 saturated heterocycles. The molecule has 1 saturated carbocycles. The largest absolute Gasteiger partial charge is 0.336 e. The van der Waals surface area contributed by atoms with Crippen LogP contribution in [0.15, 0.2) is 12.7 Å². The van der Waals surface area contributed by atoms with Crippen molar-refractivity contribution in [2.45, 2.75) is 45.1 Å². The fourth-order valence-corrected chi connectivity index (χ4v) is 2.43. The van der Waals surface area contributed by atoms with Crippen LogP contribution in [0.3, 0.4) is 0 Å². The van der Waals surface area contributed by atoms with Gasteiger partial charge in [-0.05, 0) is 25.8 Å². The van der Waals surface area contributed by atoms with Gasteiger partial charge in [0.05, 0.1) is 0 Å². The third-order valence-electron chi connectivity index (χ3n) is 3.40. The molecule has 2 N–H and O–H groups in total. The van der Waals surface area contributed by atoms with Crippen LogP contribution in [-0.4, -0.2) is 29.9 Å². The molecular formula is C13H24N2O. The Morgan fingerprint density at radius 2 is 2.19 bits per heavy atom. The Morgan fingerprint density at radius 3 is 2.69 bits per heavy atom. The molecule has 0 aromatic carbocycles. The van der Waals surface area contributed by atoms with Crippen molar-refractivity contribution >= 4 is 5.91 Å². The summed E-state index contributed by atoms with van der Waals surface area (Å²) in [5.74, 6) is 0.294. The van der Waals surface area contributed by atoms with Crippen LogP contribution >= 0.6 is 0 Å². The molecule has 1 aliphatic carbocycles. The van der Waals surface area contributed by atoms with Crippen LogP contribution in [0.1, 0.15) is 39.0 Å². The van der Waals surface area contributed by atoms with Crippen LogP contribution < -0.4 is 5.73 Å². The topological polar surface area (TPSA) is 46.3 Å². The lowest BCUT2D eigenvalue weighted by molar-refractivity contribution is -0.136. The van der Waals surface area contributed by atoms with E-state index in [0.717, 1.165) is 19.3 Å². The van der Waals surface area contributed by atoms with Crippen LogP contribution in [-0.2, 0) is 4.79 Å². The molecule has 0 aromatic heterocycles. The highest BCUT2D eigenvalue weighted by molar-refractivity contribution is 5.79. The minimum atomic E-state index is 0.0468. The van der Waals surface area contributed by atoms with E-state index in [1.54, 1.807) is 0 Å². The van der Waals surface area contributed by atoms with E-state index in [-0.39, 0.29) is 11.8 Å². The summed E-state index contributed by atoms with van der Waals surface area (Å²) in [7, 11) is 0. The van der Waals surface area contributed by atoms with Crippen molar-refractivity contribution in [2.24, 2.45) is 11.7 Å². The summed E-state index contributed by atoms with van der Waals surface area (Å²) in [6.07, 6.45) is 7.39. The maximum absolute atomic E-state index is 12.2. The van der Waals surface area contributed by atoms with Gasteiger partial charge in [0, 0.05) is 18.5 Å². The number of amides is 1. The van der Waals surface area contributed by atoms with Crippen molar-refractivity contribution in [3.63, 3.8) is 0 Å². The van der Waals surface area contributed by atoms with Gasteiger partial charge < -0.3 is 10.6 Å². The zero-order chi connectivity index (χ0) is 12.0. The van der Waals surface area contributed by atoms with Crippen molar-refractivity contribution in [3.05, 3.63) is 12.7 Å². The Morgan fingerprint density at radius 1 is 1.56 bits per heavy atom. The monoisotopic (exact) mass is 224 g/mol. The molecule has 1 aliphatic rings. The third-order valence-corrected chi connectivity index (χ3v) is 3.40. The molecule has 1 atom stereocenters. The molecule has 0 aromatic rings. The fraction of sp³-hybridized carbons (Fsp3) is 0.769. The van der Waals surface area contributed by atoms with Crippen LogP contribution in [0.4, 0.5) is 0 Å². The van der Waals surface area contributed by atoms with E-state index in [4.69, 9.17) is 5.73 Å². The highest BCUT2D eigenvalue weighted by Gasteiger charge is 2.28. The van der Waals surface area contributed by atoms with Gasteiger partial charge in [-0.15, -0.1) is 6.58 Å². The summed E-state index contributed by atoms with van der Waals surface area (Å²) in [5, 5.41) is 0. The standard InChI is InChI=1S/C13H24N2O/c1-3-10-15(12-6-4-5-7-12)13(16)11(2)8-9-14/h3,11-12H,1,4-10,14H2,2H3. The van der Waals surface area contributed by atoms with Crippen molar-refractivity contribution in [1.82, 2.24) is 4.90 Å². The molecule has 16 heavy (non-hydrogen) atoms. The van der Waals surface area contributed by atoms with E-state index in [1.165, 1.54) is 12.8 Å². The molecule has 1 unspecified atom stereocenters. The van der Waals surface area contributed by atoms with Crippen molar-refractivity contribution in [3.8, 4) is 0 Å². The van der Waals surface area contributed by atoms with Crippen LogP contribution in [0, 0.1) is 5.92 Å². The molecular weight excluding hydrogens is 200 g/mol. The number of rotatable bonds is 6. The normalized spacial score (nSPS) is 18.4. The predicted octanol–water partition coefficient (Wildman–Crippen LogP) is 1.93. The minimum absolute atomic E-state index is 0.0468. The Bertz CT molecular complexity index is 234. The average molecular weight is 224 g/mol. The highest BCUT2D eigenvalue weighted by atomic mass is 16.2. The molecule has 3 nitrogen and oxygen atoms in total. The lowest BCUT2D eigenvalue weighted by atomic mass is 10.0. The smallest absolute Gasteiger partial charge is 0.225 e. The number of nitrogens with zero attached hydrogens (tertiary/aromatic N) is 1. The van der Waals surface area contributed by atoms with Gasteiger partial charge in [-0.2, -0.15) is 0 Å². The summed E-state index contributed by atoms with van der Waals surface area (Å²) in [6.45, 7) is 6.98. The molecule has 3 heteroatoms. The third kappa shape index (κ3) is 3.34. The molecule has 1 rings (SSSR count). The van der Waals surface area contributed by atoms with Crippen LogP contribution in [0.25, 0.3) is 0 Å². The molecule has 0 spiro atoms. The molecule has 0 bridgehead atoms. The van der Waals surface area contributed by atoms with E-state index in [9.17, 15) is 4.79 Å². The molecule has 0 aliphatic heterocycles. The zero-order valence-electron chi connectivity index (χ0n) is 10.3. The van der Waals surface area contributed by atoms with E-state index in [2.05, 4.69) is 6.58 Å². The first-order chi connectivity index (χ1) is 7.70. The summed E-state index contributed by atoms with van der Waals surface area (Å²) in [6, 6.07) is 0.436. The van der Waals surface area contributed by atoms with Crippen molar-refractivity contribution in [2.75, 3.05) is 13.1 Å². The second-order valence-electron chi connectivity index (χ2n) is 4.70. The molecule has 1 fully saturated rings. The SMILES string of the molecule is C=CCN(C(=O)C(C)CCN)C1CCCC1. The Hall–Kier alpha value is -0.830. The summed E-state index contributed by atoms with van der Waals surface area (Å²) < 4.78 is 0. The first kappa shape index (κ1) is 13.2. The number of carbonyl (C=O) groups is 1.